The minimum Gasteiger partial charge on any atom is -0.392 e. The predicted octanol–water partition coefficient (Wildman–Crippen LogP) is 4.62. The van der Waals surface area contributed by atoms with E-state index in [1.54, 1.807) is 0 Å². The minimum absolute atomic E-state index is 0.214. The number of aliphatic hydroxyl groups excluding tert-OH is 1. The van der Waals surface area contributed by atoms with Gasteiger partial charge in [0.25, 0.3) is 0 Å². The second-order valence-electron chi connectivity index (χ2n) is 7.59. The highest BCUT2D eigenvalue weighted by molar-refractivity contribution is 6.30. The van der Waals surface area contributed by atoms with E-state index in [-0.39, 0.29) is 6.10 Å². The van der Waals surface area contributed by atoms with Gasteiger partial charge in [-0.2, -0.15) is 0 Å². The normalized spacial score (nSPS) is 22.1. The van der Waals surface area contributed by atoms with Gasteiger partial charge in [-0.15, -0.1) is 0 Å². The van der Waals surface area contributed by atoms with E-state index in [0.29, 0.717) is 6.04 Å². The number of pyridine rings is 1. The molecule has 2 aromatic heterocycles. The first kappa shape index (κ1) is 17.7. The average molecular weight is 392 g/mol. The molecule has 2 aliphatic heterocycles. The summed E-state index contributed by atoms with van der Waals surface area (Å²) in [4.78, 5) is 10.1. The molecule has 0 saturated carbocycles. The number of rotatable bonds is 3. The molecule has 1 fully saturated rings. The van der Waals surface area contributed by atoms with Crippen molar-refractivity contribution in [3.63, 3.8) is 0 Å². The quantitative estimate of drug-likeness (QED) is 0.685. The van der Waals surface area contributed by atoms with E-state index in [9.17, 15) is 5.11 Å². The smallest absolute Gasteiger partial charge is 0.0685 e. The lowest BCUT2D eigenvalue weighted by molar-refractivity contribution is 0.176. The molecule has 2 unspecified atom stereocenters. The lowest BCUT2D eigenvalue weighted by Gasteiger charge is -2.28. The lowest BCUT2D eigenvalue weighted by Crippen LogP contribution is -2.32. The van der Waals surface area contributed by atoms with Crippen LogP contribution in [-0.4, -0.2) is 45.2 Å². The zero-order chi connectivity index (χ0) is 19.1. The molecule has 2 aliphatic rings. The van der Waals surface area contributed by atoms with E-state index in [4.69, 9.17) is 11.6 Å². The zero-order valence-corrected chi connectivity index (χ0v) is 16.2. The van der Waals surface area contributed by atoms with Crippen LogP contribution in [0.2, 0.25) is 5.02 Å². The van der Waals surface area contributed by atoms with Crippen molar-refractivity contribution < 1.29 is 5.11 Å². The number of aromatic amines is 1. The molecule has 142 valence electrons. The number of aliphatic hydroxyl groups is 1. The summed E-state index contributed by atoms with van der Waals surface area (Å²) in [6.07, 6.45) is 9.70. The van der Waals surface area contributed by atoms with Gasteiger partial charge < -0.3 is 10.1 Å². The van der Waals surface area contributed by atoms with Gasteiger partial charge in [0, 0.05) is 59.4 Å². The number of H-pyrrole nitrogens is 1. The predicted molar refractivity (Wildman–Crippen MR) is 113 cm³/mol. The van der Waals surface area contributed by atoms with Gasteiger partial charge in [0.15, 0.2) is 0 Å². The topological polar surface area (TPSA) is 52.1 Å². The fourth-order valence-corrected chi connectivity index (χ4v) is 4.70. The van der Waals surface area contributed by atoms with Gasteiger partial charge in [-0.3, -0.25) is 9.88 Å². The Morgan fingerprint density at radius 2 is 2.00 bits per heavy atom. The largest absolute Gasteiger partial charge is 0.392 e. The monoisotopic (exact) mass is 391 g/mol. The fourth-order valence-electron chi connectivity index (χ4n) is 4.51. The van der Waals surface area contributed by atoms with E-state index >= 15 is 0 Å². The fraction of sp³-hybridized carbons (Fsp3) is 0.261. The summed E-state index contributed by atoms with van der Waals surface area (Å²) in [6.45, 7) is 1.77. The molecule has 0 radical (unpaired) electrons. The molecule has 2 atom stereocenters. The number of nitrogens with one attached hydrogen (secondary N) is 1. The lowest BCUT2D eigenvalue weighted by atomic mass is 9.90. The number of hydrogen-bond acceptors (Lipinski definition) is 3. The summed E-state index contributed by atoms with van der Waals surface area (Å²) in [5, 5.41) is 10.8. The SMILES string of the molecule is OC1CC2C=C(c3c[nH]c(-c4cccc(Cl)c4)c3-c3ccncc3)CCN2C1. The summed E-state index contributed by atoms with van der Waals surface area (Å²) < 4.78 is 0. The molecule has 0 aliphatic carbocycles. The van der Waals surface area contributed by atoms with Crippen LogP contribution in [0, 0.1) is 0 Å². The first-order chi connectivity index (χ1) is 13.7. The van der Waals surface area contributed by atoms with Crippen LogP contribution in [0.25, 0.3) is 28.0 Å². The van der Waals surface area contributed by atoms with Crippen LogP contribution in [0.1, 0.15) is 18.4 Å². The van der Waals surface area contributed by atoms with Crippen molar-refractivity contribution in [2.24, 2.45) is 0 Å². The molecular weight excluding hydrogens is 370 g/mol. The molecule has 4 heterocycles. The van der Waals surface area contributed by atoms with Crippen molar-refractivity contribution in [1.29, 1.82) is 0 Å². The van der Waals surface area contributed by atoms with E-state index < -0.39 is 0 Å². The van der Waals surface area contributed by atoms with E-state index in [0.717, 1.165) is 47.8 Å². The summed E-state index contributed by atoms with van der Waals surface area (Å²) in [5.74, 6) is 0. The average Bonchev–Trinajstić information content (AvgIpc) is 3.30. The molecule has 0 spiro atoms. The third-order valence-corrected chi connectivity index (χ3v) is 6.03. The molecule has 0 bridgehead atoms. The van der Waals surface area contributed by atoms with E-state index in [1.165, 1.54) is 16.7 Å². The van der Waals surface area contributed by atoms with Gasteiger partial charge in [-0.05, 0) is 48.2 Å². The highest BCUT2D eigenvalue weighted by atomic mass is 35.5. The van der Waals surface area contributed by atoms with Gasteiger partial charge >= 0.3 is 0 Å². The van der Waals surface area contributed by atoms with E-state index in [2.05, 4.69) is 45.3 Å². The summed E-state index contributed by atoms with van der Waals surface area (Å²) >= 11 is 6.26. The van der Waals surface area contributed by atoms with Gasteiger partial charge in [-0.1, -0.05) is 29.8 Å². The Morgan fingerprint density at radius 1 is 1.14 bits per heavy atom. The molecule has 1 saturated heterocycles. The van der Waals surface area contributed by atoms with Crippen LogP contribution in [0.3, 0.4) is 0 Å². The highest BCUT2D eigenvalue weighted by Crippen LogP contribution is 2.41. The first-order valence-corrected chi connectivity index (χ1v) is 10.1. The summed E-state index contributed by atoms with van der Waals surface area (Å²) in [5.41, 5.74) is 7.02. The molecule has 1 aromatic carbocycles. The molecule has 5 heteroatoms. The van der Waals surface area contributed by atoms with Gasteiger partial charge in [0.2, 0.25) is 0 Å². The first-order valence-electron chi connectivity index (χ1n) is 9.70. The standard InChI is InChI=1S/C23H22ClN3O/c24-18-3-1-2-17(10-18)23-22(15-4-7-25-8-5-15)21(13-26-23)16-6-9-27-14-20(28)12-19(27)11-16/h1-5,7-8,10-11,13,19-20,26,28H,6,9,12,14H2. The number of nitrogens with zero attached hydrogens (tertiary/aromatic N) is 2. The van der Waals surface area contributed by atoms with Gasteiger partial charge in [0.1, 0.15) is 0 Å². The van der Waals surface area contributed by atoms with Crippen LogP contribution in [0.4, 0.5) is 0 Å². The molecular formula is C23H22ClN3O. The van der Waals surface area contributed by atoms with Crippen molar-refractivity contribution in [1.82, 2.24) is 14.9 Å². The number of aromatic nitrogens is 2. The molecule has 2 N–H and O–H groups in total. The van der Waals surface area contributed by atoms with Crippen molar-refractivity contribution in [3.8, 4) is 22.4 Å². The number of fused-ring (bicyclic) bond motifs is 1. The Kier molecular flexibility index (Phi) is 4.55. The second kappa shape index (κ2) is 7.21. The third-order valence-electron chi connectivity index (χ3n) is 5.80. The van der Waals surface area contributed by atoms with Crippen LogP contribution in [0.15, 0.2) is 61.1 Å². The van der Waals surface area contributed by atoms with Crippen molar-refractivity contribution >= 4 is 17.2 Å². The molecule has 28 heavy (non-hydrogen) atoms. The third kappa shape index (κ3) is 3.18. The minimum atomic E-state index is -0.214. The summed E-state index contributed by atoms with van der Waals surface area (Å²) in [6, 6.07) is 12.4. The second-order valence-corrected chi connectivity index (χ2v) is 8.03. The maximum atomic E-state index is 10.0. The maximum absolute atomic E-state index is 10.0. The maximum Gasteiger partial charge on any atom is 0.0685 e. The highest BCUT2D eigenvalue weighted by Gasteiger charge is 2.33. The van der Waals surface area contributed by atoms with Crippen LogP contribution in [0.5, 0.6) is 0 Å². The van der Waals surface area contributed by atoms with Gasteiger partial charge in [-0.25, -0.2) is 0 Å². The Labute approximate surface area is 169 Å². The van der Waals surface area contributed by atoms with Crippen molar-refractivity contribution in [2.75, 3.05) is 13.1 Å². The van der Waals surface area contributed by atoms with Gasteiger partial charge in [0.05, 0.1) is 11.8 Å². The Hall–Kier alpha value is -2.40. The van der Waals surface area contributed by atoms with Crippen molar-refractivity contribution in [3.05, 3.63) is 71.7 Å². The summed E-state index contributed by atoms with van der Waals surface area (Å²) in [7, 11) is 0. The number of hydrogen-bond donors (Lipinski definition) is 2. The Balaban J connectivity index is 1.64. The van der Waals surface area contributed by atoms with Crippen LogP contribution < -0.4 is 0 Å². The molecule has 3 aromatic rings. The molecule has 4 nitrogen and oxygen atoms in total. The molecule has 0 amide bonds. The Bertz CT molecular complexity index is 1030. The molecule has 5 rings (SSSR count). The number of benzene rings is 1. The van der Waals surface area contributed by atoms with Crippen LogP contribution in [-0.2, 0) is 0 Å². The van der Waals surface area contributed by atoms with Crippen LogP contribution >= 0.6 is 11.6 Å². The van der Waals surface area contributed by atoms with E-state index in [1.807, 2.05) is 30.6 Å². The zero-order valence-electron chi connectivity index (χ0n) is 15.5. The Morgan fingerprint density at radius 3 is 2.82 bits per heavy atom. The number of halogens is 1. The van der Waals surface area contributed by atoms with Crippen molar-refractivity contribution in [2.45, 2.75) is 25.0 Å².